The standard InChI is InChI=1S/C25H27FN2O6S/c1-25(2,3)34-24(30)27-12-7-13-33-19-8-6-9-20(15-19)35(31,32)28-16-18(17-29)14-23(28)21-10-4-5-11-22(21)26/h4-6,8-11,14-17H,7,12-13H2,1-3H3,(H,27,30). The smallest absolute Gasteiger partial charge is 0.407 e. The van der Waals surface area contributed by atoms with Gasteiger partial charge in [0.15, 0.2) is 6.29 Å². The van der Waals surface area contributed by atoms with Gasteiger partial charge in [-0.2, -0.15) is 0 Å². The van der Waals surface area contributed by atoms with E-state index in [2.05, 4.69) is 5.32 Å². The van der Waals surface area contributed by atoms with Gasteiger partial charge in [0.05, 0.1) is 17.2 Å². The molecule has 10 heteroatoms. The SMILES string of the molecule is CC(C)(C)OC(=O)NCCCOc1cccc(S(=O)(=O)n2cc(C=O)cc2-c2ccccc2F)c1. The van der Waals surface area contributed by atoms with Crippen LogP contribution in [0.3, 0.4) is 0 Å². The summed E-state index contributed by atoms with van der Waals surface area (Å²) in [4.78, 5) is 22.9. The van der Waals surface area contributed by atoms with Gasteiger partial charge in [0.1, 0.15) is 17.2 Å². The molecule has 0 aliphatic rings. The largest absolute Gasteiger partial charge is 0.493 e. The van der Waals surface area contributed by atoms with Crippen LogP contribution >= 0.6 is 0 Å². The Morgan fingerprint density at radius 1 is 1.11 bits per heavy atom. The summed E-state index contributed by atoms with van der Waals surface area (Å²) in [5, 5.41) is 2.62. The third-order valence-corrected chi connectivity index (χ3v) is 6.38. The molecule has 0 unspecified atom stereocenters. The van der Waals surface area contributed by atoms with E-state index in [-0.39, 0.29) is 28.3 Å². The minimum Gasteiger partial charge on any atom is -0.493 e. The number of hydrogen-bond donors (Lipinski definition) is 1. The lowest BCUT2D eigenvalue weighted by Crippen LogP contribution is -2.33. The van der Waals surface area contributed by atoms with Crippen molar-refractivity contribution in [1.82, 2.24) is 9.29 Å². The van der Waals surface area contributed by atoms with Gasteiger partial charge < -0.3 is 14.8 Å². The molecule has 0 atom stereocenters. The van der Waals surface area contributed by atoms with E-state index in [4.69, 9.17) is 9.47 Å². The minimum atomic E-state index is -4.17. The molecule has 186 valence electrons. The van der Waals surface area contributed by atoms with E-state index >= 15 is 0 Å². The fourth-order valence-electron chi connectivity index (χ4n) is 3.20. The van der Waals surface area contributed by atoms with Gasteiger partial charge >= 0.3 is 6.09 Å². The van der Waals surface area contributed by atoms with Gasteiger partial charge in [-0.3, -0.25) is 4.79 Å². The first-order chi connectivity index (χ1) is 16.5. The number of carbonyl (C=O) groups is 2. The van der Waals surface area contributed by atoms with Crippen LogP contribution in [0.15, 0.2) is 65.7 Å². The van der Waals surface area contributed by atoms with Crippen molar-refractivity contribution in [3.63, 3.8) is 0 Å². The zero-order chi connectivity index (χ0) is 25.6. The fourth-order valence-corrected chi connectivity index (χ4v) is 4.61. The van der Waals surface area contributed by atoms with Crippen molar-refractivity contribution in [2.24, 2.45) is 0 Å². The molecule has 0 bridgehead atoms. The molecule has 8 nitrogen and oxygen atoms in total. The van der Waals surface area contributed by atoms with Crippen LogP contribution in [0.4, 0.5) is 9.18 Å². The molecule has 0 saturated heterocycles. The Morgan fingerprint density at radius 2 is 1.86 bits per heavy atom. The number of carbonyl (C=O) groups excluding carboxylic acids is 2. The van der Waals surface area contributed by atoms with Crippen LogP contribution < -0.4 is 10.1 Å². The van der Waals surface area contributed by atoms with E-state index < -0.39 is 27.5 Å². The molecule has 0 saturated carbocycles. The molecule has 2 aromatic carbocycles. The molecular weight excluding hydrogens is 475 g/mol. The Bertz CT molecular complexity index is 1310. The number of aldehydes is 1. The van der Waals surface area contributed by atoms with Crippen LogP contribution in [0.25, 0.3) is 11.3 Å². The van der Waals surface area contributed by atoms with Gasteiger partial charge in [-0.15, -0.1) is 0 Å². The summed E-state index contributed by atoms with van der Waals surface area (Å²) in [6.07, 6.45) is 1.59. The maximum absolute atomic E-state index is 14.4. The Labute approximate surface area is 203 Å². The number of amides is 1. The molecular formula is C25H27FN2O6S. The van der Waals surface area contributed by atoms with Crippen LogP contribution in [-0.4, -0.2) is 43.5 Å². The van der Waals surface area contributed by atoms with Gasteiger partial charge in [0.2, 0.25) is 0 Å². The molecule has 3 aromatic rings. The predicted octanol–water partition coefficient (Wildman–Crippen LogP) is 4.64. The summed E-state index contributed by atoms with van der Waals surface area (Å²) < 4.78 is 52.9. The van der Waals surface area contributed by atoms with Gasteiger partial charge in [0, 0.05) is 29.9 Å². The summed E-state index contributed by atoms with van der Waals surface area (Å²) in [5.41, 5.74) is -0.416. The Morgan fingerprint density at radius 3 is 2.54 bits per heavy atom. The lowest BCUT2D eigenvalue weighted by atomic mass is 10.1. The van der Waals surface area contributed by atoms with E-state index in [9.17, 15) is 22.4 Å². The van der Waals surface area contributed by atoms with E-state index in [0.29, 0.717) is 25.0 Å². The molecule has 0 aliphatic heterocycles. The normalized spacial score (nSPS) is 11.7. The lowest BCUT2D eigenvalue weighted by Gasteiger charge is -2.19. The van der Waals surface area contributed by atoms with Crippen LogP contribution in [0.2, 0.25) is 0 Å². The number of aromatic nitrogens is 1. The number of alkyl carbamates (subject to hydrolysis) is 1. The fraction of sp³-hybridized carbons (Fsp3) is 0.280. The molecule has 35 heavy (non-hydrogen) atoms. The van der Waals surface area contributed by atoms with E-state index in [1.54, 1.807) is 32.9 Å². The maximum atomic E-state index is 14.4. The second-order valence-electron chi connectivity index (χ2n) is 8.66. The number of hydrogen-bond acceptors (Lipinski definition) is 6. The molecule has 1 heterocycles. The maximum Gasteiger partial charge on any atom is 0.407 e. The summed E-state index contributed by atoms with van der Waals surface area (Å²) in [7, 11) is -4.17. The minimum absolute atomic E-state index is 0.0322. The highest BCUT2D eigenvalue weighted by Gasteiger charge is 2.24. The summed E-state index contributed by atoms with van der Waals surface area (Å²) >= 11 is 0. The Balaban J connectivity index is 1.74. The van der Waals surface area contributed by atoms with E-state index in [0.717, 1.165) is 10.2 Å². The number of nitrogens with zero attached hydrogens (tertiary/aromatic N) is 1. The lowest BCUT2D eigenvalue weighted by molar-refractivity contribution is 0.0525. The molecule has 1 amide bonds. The summed E-state index contributed by atoms with van der Waals surface area (Å²) in [6, 6.07) is 12.9. The molecule has 1 aromatic heterocycles. The molecule has 0 spiro atoms. The van der Waals surface area contributed by atoms with Gasteiger partial charge in [-0.1, -0.05) is 18.2 Å². The first-order valence-electron chi connectivity index (χ1n) is 10.9. The topological polar surface area (TPSA) is 104 Å². The number of rotatable bonds is 9. The summed E-state index contributed by atoms with van der Waals surface area (Å²) in [6.45, 7) is 5.84. The quantitative estimate of drug-likeness (QED) is 0.338. The van der Waals surface area contributed by atoms with Crippen molar-refractivity contribution < 1.29 is 31.9 Å². The van der Waals surface area contributed by atoms with Crippen molar-refractivity contribution in [3.05, 3.63) is 72.2 Å². The number of benzene rings is 2. The van der Waals surface area contributed by atoms with E-state index in [1.807, 2.05) is 0 Å². The third-order valence-electron chi connectivity index (χ3n) is 4.71. The van der Waals surface area contributed by atoms with Crippen molar-refractivity contribution in [1.29, 1.82) is 0 Å². The zero-order valence-corrected chi connectivity index (χ0v) is 20.5. The summed E-state index contributed by atoms with van der Waals surface area (Å²) in [5.74, 6) is -0.310. The van der Waals surface area contributed by atoms with Gasteiger partial charge in [-0.05, 0) is 57.5 Å². The number of ether oxygens (including phenoxy) is 2. The molecule has 0 radical (unpaired) electrons. The molecule has 0 aliphatic carbocycles. The van der Waals surface area contributed by atoms with Crippen LogP contribution in [0.5, 0.6) is 5.75 Å². The van der Waals surface area contributed by atoms with Crippen molar-refractivity contribution >= 4 is 22.4 Å². The number of nitrogens with one attached hydrogen (secondary N) is 1. The van der Waals surface area contributed by atoms with Gasteiger partial charge in [0.25, 0.3) is 10.0 Å². The highest BCUT2D eigenvalue weighted by atomic mass is 32.2. The number of halogens is 1. The van der Waals surface area contributed by atoms with Crippen molar-refractivity contribution in [2.45, 2.75) is 37.7 Å². The first-order valence-corrected chi connectivity index (χ1v) is 12.3. The molecule has 0 fully saturated rings. The van der Waals surface area contributed by atoms with Crippen LogP contribution in [-0.2, 0) is 14.8 Å². The average Bonchev–Trinajstić information content (AvgIpc) is 3.23. The third kappa shape index (κ3) is 6.69. The Kier molecular flexibility index (Phi) is 7.96. The highest BCUT2D eigenvalue weighted by molar-refractivity contribution is 7.90. The molecule has 1 N–H and O–H groups in total. The second-order valence-corrected chi connectivity index (χ2v) is 10.5. The average molecular weight is 503 g/mol. The monoisotopic (exact) mass is 502 g/mol. The Hall–Kier alpha value is -3.66. The first kappa shape index (κ1) is 26.0. The molecule has 3 rings (SSSR count). The van der Waals surface area contributed by atoms with Crippen molar-refractivity contribution in [3.8, 4) is 17.0 Å². The highest BCUT2D eigenvalue weighted by Crippen LogP contribution is 2.29. The zero-order valence-electron chi connectivity index (χ0n) is 19.7. The van der Waals surface area contributed by atoms with Crippen LogP contribution in [0, 0.1) is 5.82 Å². The van der Waals surface area contributed by atoms with Crippen LogP contribution in [0.1, 0.15) is 37.6 Å². The van der Waals surface area contributed by atoms with Gasteiger partial charge in [-0.25, -0.2) is 21.6 Å². The van der Waals surface area contributed by atoms with Crippen molar-refractivity contribution in [2.75, 3.05) is 13.2 Å². The van der Waals surface area contributed by atoms with E-state index in [1.165, 1.54) is 42.5 Å². The second kappa shape index (κ2) is 10.7. The predicted molar refractivity (Wildman–Crippen MR) is 129 cm³/mol.